The number of ketones is 1. The number of carbonyl (C=O) groups excluding carboxylic acids is 1. The zero-order chi connectivity index (χ0) is 22.1. The van der Waals surface area contributed by atoms with Gasteiger partial charge in [-0.25, -0.2) is 0 Å². The van der Waals surface area contributed by atoms with Gasteiger partial charge in [-0.05, 0) is 54.6 Å². The van der Waals surface area contributed by atoms with Crippen molar-refractivity contribution in [3.05, 3.63) is 81.9 Å². The second-order valence-corrected chi connectivity index (χ2v) is 7.08. The van der Waals surface area contributed by atoms with E-state index in [-0.39, 0.29) is 5.78 Å². The molecule has 30 heavy (non-hydrogen) atoms. The molecular formula is C22H17F6NO. The maximum Gasteiger partial charge on any atom is 0.416 e. The van der Waals surface area contributed by atoms with E-state index in [1.165, 1.54) is 36.4 Å². The Labute approximate surface area is 169 Å². The summed E-state index contributed by atoms with van der Waals surface area (Å²) < 4.78 is 76.2. The Kier molecular flexibility index (Phi) is 5.90. The summed E-state index contributed by atoms with van der Waals surface area (Å²) in [4.78, 5) is 14.6. The summed E-state index contributed by atoms with van der Waals surface area (Å²) >= 11 is 0. The Balaban J connectivity index is 1.86. The van der Waals surface area contributed by atoms with Crippen molar-refractivity contribution >= 4 is 17.9 Å². The Hall–Kier alpha value is -2.87. The molecule has 0 N–H and O–H groups in total. The van der Waals surface area contributed by atoms with Crippen LogP contribution in [0.1, 0.15) is 22.3 Å². The number of hydrogen-bond donors (Lipinski definition) is 0. The first kappa shape index (κ1) is 21.8. The van der Waals surface area contributed by atoms with Crippen LogP contribution in [0, 0.1) is 0 Å². The number of alkyl halides is 6. The third kappa shape index (κ3) is 5.18. The normalized spacial score (nSPS) is 19.0. The average molecular weight is 425 g/mol. The number of benzene rings is 2. The van der Waals surface area contributed by atoms with Gasteiger partial charge in [0.05, 0.1) is 11.1 Å². The predicted octanol–water partition coefficient (Wildman–Crippen LogP) is 5.71. The summed E-state index contributed by atoms with van der Waals surface area (Å²) in [6, 6.07) is 8.94. The standard InChI is InChI=1S/C22H17F6NO/c1-29-12-16(10-14-2-6-18(7-3-14)21(23,24)25)20(30)17(13-29)11-15-4-8-19(9-5-15)22(26,27)28/h2-11H,12-13H2,1H3/b16-10+,17-11+. The number of likely N-dealkylation sites (N-methyl/N-ethyl adjacent to an activating group) is 1. The molecule has 8 heteroatoms. The molecule has 1 saturated heterocycles. The van der Waals surface area contributed by atoms with Crippen molar-refractivity contribution in [2.75, 3.05) is 20.1 Å². The van der Waals surface area contributed by atoms with Gasteiger partial charge < -0.3 is 0 Å². The number of piperidine rings is 1. The van der Waals surface area contributed by atoms with Crippen LogP contribution in [0.3, 0.4) is 0 Å². The first-order valence-corrected chi connectivity index (χ1v) is 8.92. The van der Waals surface area contributed by atoms with E-state index >= 15 is 0 Å². The lowest BCUT2D eigenvalue weighted by Crippen LogP contribution is -2.34. The molecule has 0 aliphatic carbocycles. The van der Waals surface area contributed by atoms with Crippen LogP contribution < -0.4 is 0 Å². The van der Waals surface area contributed by atoms with Crippen LogP contribution in [0.15, 0.2) is 59.7 Å². The van der Waals surface area contributed by atoms with E-state index in [1.54, 1.807) is 7.05 Å². The minimum absolute atomic E-state index is 0.284. The Bertz CT molecular complexity index is 903. The highest BCUT2D eigenvalue weighted by molar-refractivity contribution is 6.14. The Morgan fingerprint density at radius 3 is 1.33 bits per heavy atom. The zero-order valence-corrected chi connectivity index (χ0v) is 15.8. The zero-order valence-electron chi connectivity index (χ0n) is 15.8. The molecule has 3 rings (SSSR count). The first-order valence-electron chi connectivity index (χ1n) is 8.92. The van der Waals surface area contributed by atoms with Crippen molar-refractivity contribution in [3.8, 4) is 0 Å². The molecule has 0 spiro atoms. The summed E-state index contributed by atoms with van der Waals surface area (Å²) in [7, 11) is 1.77. The second kappa shape index (κ2) is 8.10. The fourth-order valence-corrected chi connectivity index (χ4v) is 3.15. The highest BCUT2D eigenvalue weighted by Crippen LogP contribution is 2.31. The van der Waals surface area contributed by atoms with Crippen molar-refractivity contribution in [2.24, 2.45) is 0 Å². The van der Waals surface area contributed by atoms with E-state index in [4.69, 9.17) is 0 Å². The van der Waals surface area contributed by atoms with E-state index in [1.807, 2.05) is 4.90 Å². The van der Waals surface area contributed by atoms with Crippen molar-refractivity contribution in [1.82, 2.24) is 4.90 Å². The topological polar surface area (TPSA) is 20.3 Å². The maximum atomic E-state index is 12.8. The smallest absolute Gasteiger partial charge is 0.298 e. The van der Waals surface area contributed by atoms with Crippen LogP contribution in [-0.2, 0) is 17.1 Å². The molecule has 1 aliphatic rings. The van der Waals surface area contributed by atoms with Crippen molar-refractivity contribution < 1.29 is 31.1 Å². The number of rotatable bonds is 2. The first-order chi connectivity index (χ1) is 13.9. The summed E-state index contributed by atoms with van der Waals surface area (Å²) in [6.45, 7) is 0.619. The number of hydrogen-bond acceptors (Lipinski definition) is 2. The third-order valence-corrected chi connectivity index (χ3v) is 4.62. The van der Waals surface area contributed by atoms with Crippen LogP contribution in [0.2, 0.25) is 0 Å². The van der Waals surface area contributed by atoms with E-state index in [9.17, 15) is 31.1 Å². The van der Waals surface area contributed by atoms with Gasteiger partial charge in [0.1, 0.15) is 0 Å². The highest BCUT2D eigenvalue weighted by atomic mass is 19.4. The lowest BCUT2D eigenvalue weighted by molar-refractivity contribution is -0.138. The largest absolute Gasteiger partial charge is 0.416 e. The summed E-state index contributed by atoms with van der Waals surface area (Å²) in [5, 5.41) is 0. The van der Waals surface area contributed by atoms with E-state index in [0.29, 0.717) is 35.4 Å². The van der Waals surface area contributed by atoms with Gasteiger partial charge in [0.25, 0.3) is 0 Å². The van der Waals surface area contributed by atoms with Crippen LogP contribution in [0.5, 0.6) is 0 Å². The number of nitrogens with zero attached hydrogens (tertiary/aromatic N) is 1. The van der Waals surface area contributed by atoms with Crippen molar-refractivity contribution in [3.63, 3.8) is 0 Å². The van der Waals surface area contributed by atoms with Crippen molar-refractivity contribution in [2.45, 2.75) is 12.4 Å². The molecule has 0 radical (unpaired) electrons. The minimum atomic E-state index is -4.44. The molecule has 2 nitrogen and oxygen atoms in total. The number of halogens is 6. The molecule has 0 aromatic heterocycles. The molecule has 1 fully saturated rings. The molecule has 2 aromatic rings. The number of carbonyl (C=O) groups is 1. The van der Waals surface area contributed by atoms with Gasteiger partial charge in [-0.15, -0.1) is 0 Å². The lowest BCUT2D eigenvalue weighted by atomic mass is 9.94. The average Bonchev–Trinajstić information content (AvgIpc) is 2.65. The van der Waals surface area contributed by atoms with E-state index in [2.05, 4.69) is 0 Å². The van der Waals surface area contributed by atoms with Gasteiger partial charge in [-0.1, -0.05) is 24.3 Å². The minimum Gasteiger partial charge on any atom is -0.298 e. The molecule has 2 aromatic carbocycles. The van der Waals surface area contributed by atoms with Gasteiger partial charge in [0.2, 0.25) is 0 Å². The molecule has 0 atom stereocenters. The molecule has 0 unspecified atom stereocenters. The predicted molar refractivity (Wildman–Crippen MR) is 101 cm³/mol. The molecule has 0 bridgehead atoms. The van der Waals surface area contributed by atoms with Gasteiger partial charge >= 0.3 is 12.4 Å². The lowest BCUT2D eigenvalue weighted by Gasteiger charge is -2.26. The van der Waals surface area contributed by atoms with Crippen molar-refractivity contribution in [1.29, 1.82) is 0 Å². The Morgan fingerprint density at radius 1 is 0.700 bits per heavy atom. The number of likely N-dealkylation sites (tertiary alicyclic amines) is 1. The van der Waals surface area contributed by atoms with Crippen LogP contribution >= 0.6 is 0 Å². The molecule has 0 saturated carbocycles. The van der Waals surface area contributed by atoms with Gasteiger partial charge in [0.15, 0.2) is 5.78 Å². The third-order valence-electron chi connectivity index (χ3n) is 4.62. The van der Waals surface area contributed by atoms with Gasteiger partial charge in [0, 0.05) is 24.2 Å². The quantitative estimate of drug-likeness (QED) is 0.454. The summed E-state index contributed by atoms with van der Waals surface area (Å²) in [5.41, 5.74) is 0.133. The monoisotopic (exact) mass is 425 g/mol. The molecule has 1 aliphatic heterocycles. The number of Topliss-reactive ketones (excluding diaryl/α,β-unsaturated/α-hetero) is 1. The fourth-order valence-electron chi connectivity index (χ4n) is 3.15. The maximum absolute atomic E-state index is 12.8. The van der Waals surface area contributed by atoms with Crippen LogP contribution in [0.4, 0.5) is 26.3 Å². The van der Waals surface area contributed by atoms with E-state index < -0.39 is 23.5 Å². The Morgan fingerprint density at radius 2 is 1.03 bits per heavy atom. The van der Waals surface area contributed by atoms with Crippen LogP contribution in [-0.4, -0.2) is 30.8 Å². The van der Waals surface area contributed by atoms with Gasteiger partial charge in [-0.2, -0.15) is 26.3 Å². The highest BCUT2D eigenvalue weighted by Gasteiger charge is 2.31. The van der Waals surface area contributed by atoms with E-state index in [0.717, 1.165) is 24.3 Å². The molecule has 158 valence electrons. The van der Waals surface area contributed by atoms with Crippen LogP contribution in [0.25, 0.3) is 12.2 Å². The molecule has 0 amide bonds. The molecular weight excluding hydrogens is 408 g/mol. The summed E-state index contributed by atoms with van der Waals surface area (Å²) in [6.07, 6.45) is -5.83. The molecule has 1 heterocycles. The van der Waals surface area contributed by atoms with Gasteiger partial charge in [-0.3, -0.25) is 9.69 Å². The fraction of sp³-hybridized carbons (Fsp3) is 0.227. The summed E-state index contributed by atoms with van der Waals surface area (Å²) in [5.74, 6) is -0.284. The second-order valence-electron chi connectivity index (χ2n) is 7.08. The SMILES string of the molecule is CN1C/C(=C\c2ccc(C(F)(F)F)cc2)C(=O)/C(=C/c2ccc(C(F)(F)F)cc2)C1.